The zero-order valence-corrected chi connectivity index (χ0v) is 14.6. The first-order chi connectivity index (χ1) is 11.8. The molecule has 1 aliphatic heterocycles. The Labute approximate surface area is 146 Å². The van der Waals surface area contributed by atoms with Crippen LogP contribution in [-0.2, 0) is 11.2 Å². The minimum atomic E-state index is 0.250. The molecule has 0 aromatic carbocycles. The van der Waals surface area contributed by atoms with Crippen molar-refractivity contribution in [2.24, 2.45) is 5.92 Å². The third-order valence-corrected chi connectivity index (χ3v) is 6.05. The SMILES string of the molecule is O=C(CCc1nc(-c2ccsc2)no1)N1CCCC1C1CCCC1. The van der Waals surface area contributed by atoms with Crippen LogP contribution >= 0.6 is 11.3 Å². The fraction of sp³-hybridized carbons (Fsp3) is 0.611. The summed E-state index contributed by atoms with van der Waals surface area (Å²) in [4.78, 5) is 19.2. The molecule has 1 amide bonds. The molecule has 5 nitrogen and oxygen atoms in total. The number of hydrogen-bond donors (Lipinski definition) is 0. The number of rotatable bonds is 5. The molecule has 2 aromatic heterocycles. The standard InChI is InChI=1S/C18H23N3O2S/c22-17(21-10-3-6-15(21)13-4-1-2-5-13)8-7-16-19-18(20-23-16)14-9-11-24-12-14/h9,11-13,15H,1-8,10H2. The number of carbonyl (C=O) groups excluding carboxylic acids is 1. The number of aryl methyl sites for hydroxylation is 1. The number of thiophene rings is 1. The smallest absolute Gasteiger partial charge is 0.227 e. The zero-order chi connectivity index (χ0) is 16.4. The van der Waals surface area contributed by atoms with Gasteiger partial charge in [0.25, 0.3) is 0 Å². The minimum Gasteiger partial charge on any atom is -0.339 e. The normalized spacial score (nSPS) is 21.7. The van der Waals surface area contributed by atoms with Crippen molar-refractivity contribution in [3.05, 3.63) is 22.7 Å². The van der Waals surface area contributed by atoms with Crippen molar-refractivity contribution in [2.75, 3.05) is 6.54 Å². The molecule has 2 aliphatic rings. The second-order valence-electron chi connectivity index (χ2n) is 6.86. The van der Waals surface area contributed by atoms with Crippen LogP contribution < -0.4 is 0 Å². The highest BCUT2D eigenvalue weighted by Crippen LogP contribution is 2.35. The summed E-state index contributed by atoms with van der Waals surface area (Å²) in [6.45, 7) is 0.921. The van der Waals surface area contributed by atoms with E-state index in [1.54, 1.807) is 11.3 Å². The molecule has 2 aromatic rings. The van der Waals surface area contributed by atoms with Gasteiger partial charge in [0, 0.05) is 36.4 Å². The Kier molecular flexibility index (Phi) is 4.65. The molecule has 1 aliphatic carbocycles. The predicted molar refractivity (Wildman–Crippen MR) is 92.6 cm³/mol. The van der Waals surface area contributed by atoms with Gasteiger partial charge in [-0.2, -0.15) is 16.3 Å². The number of hydrogen-bond acceptors (Lipinski definition) is 5. The Morgan fingerprint density at radius 2 is 2.17 bits per heavy atom. The van der Waals surface area contributed by atoms with Crippen molar-refractivity contribution in [3.63, 3.8) is 0 Å². The summed E-state index contributed by atoms with van der Waals surface area (Å²) < 4.78 is 5.30. The van der Waals surface area contributed by atoms with E-state index in [0.29, 0.717) is 30.6 Å². The van der Waals surface area contributed by atoms with Crippen LogP contribution in [0.4, 0.5) is 0 Å². The highest BCUT2D eigenvalue weighted by Gasteiger charge is 2.35. The Morgan fingerprint density at radius 3 is 2.96 bits per heavy atom. The summed E-state index contributed by atoms with van der Waals surface area (Å²) in [5.41, 5.74) is 0.974. The number of carbonyl (C=O) groups is 1. The predicted octanol–water partition coefficient (Wildman–Crippen LogP) is 3.91. The topological polar surface area (TPSA) is 59.2 Å². The van der Waals surface area contributed by atoms with Gasteiger partial charge in [0.1, 0.15) is 0 Å². The zero-order valence-electron chi connectivity index (χ0n) is 13.8. The van der Waals surface area contributed by atoms with E-state index in [2.05, 4.69) is 15.0 Å². The lowest BCUT2D eigenvalue weighted by molar-refractivity contribution is -0.133. The summed E-state index contributed by atoms with van der Waals surface area (Å²) in [5, 5.41) is 8.00. The van der Waals surface area contributed by atoms with Gasteiger partial charge in [-0.05, 0) is 43.0 Å². The van der Waals surface area contributed by atoms with Crippen molar-refractivity contribution >= 4 is 17.2 Å². The van der Waals surface area contributed by atoms with Crippen LogP contribution in [0.5, 0.6) is 0 Å². The molecule has 6 heteroatoms. The quantitative estimate of drug-likeness (QED) is 0.824. The summed E-state index contributed by atoms with van der Waals surface area (Å²) in [6.07, 6.45) is 8.57. The second kappa shape index (κ2) is 7.05. The third kappa shape index (κ3) is 3.24. The molecule has 0 N–H and O–H groups in total. The first-order valence-electron chi connectivity index (χ1n) is 8.96. The van der Waals surface area contributed by atoms with Gasteiger partial charge in [-0.25, -0.2) is 0 Å². The van der Waals surface area contributed by atoms with Gasteiger partial charge in [-0.1, -0.05) is 18.0 Å². The molecule has 0 bridgehead atoms. The molecule has 0 spiro atoms. The van der Waals surface area contributed by atoms with Crippen LogP contribution in [0.2, 0.25) is 0 Å². The molecular formula is C18H23N3O2S. The van der Waals surface area contributed by atoms with Gasteiger partial charge >= 0.3 is 0 Å². The Balaban J connectivity index is 1.34. The van der Waals surface area contributed by atoms with Gasteiger partial charge in [0.2, 0.25) is 17.6 Å². The first kappa shape index (κ1) is 15.8. The number of aromatic nitrogens is 2. The van der Waals surface area contributed by atoms with Crippen LogP contribution in [-0.4, -0.2) is 33.5 Å². The number of likely N-dealkylation sites (tertiary alicyclic amines) is 1. The van der Waals surface area contributed by atoms with Crippen LogP contribution in [0.3, 0.4) is 0 Å². The molecule has 128 valence electrons. The van der Waals surface area contributed by atoms with E-state index in [1.165, 1.54) is 32.1 Å². The van der Waals surface area contributed by atoms with E-state index in [4.69, 9.17) is 4.52 Å². The lowest BCUT2D eigenvalue weighted by Gasteiger charge is -2.29. The van der Waals surface area contributed by atoms with E-state index < -0.39 is 0 Å². The number of nitrogens with zero attached hydrogens (tertiary/aromatic N) is 3. The van der Waals surface area contributed by atoms with Crippen molar-refractivity contribution in [1.29, 1.82) is 0 Å². The number of amides is 1. The van der Waals surface area contributed by atoms with E-state index in [9.17, 15) is 4.79 Å². The largest absolute Gasteiger partial charge is 0.339 e. The monoisotopic (exact) mass is 345 g/mol. The van der Waals surface area contributed by atoms with Crippen molar-refractivity contribution in [3.8, 4) is 11.4 Å². The summed E-state index contributed by atoms with van der Waals surface area (Å²) in [7, 11) is 0. The Morgan fingerprint density at radius 1 is 1.29 bits per heavy atom. The molecule has 1 saturated heterocycles. The maximum atomic E-state index is 12.7. The average Bonchev–Trinajstić information content (AvgIpc) is 3.40. The van der Waals surface area contributed by atoms with Crippen LogP contribution in [0.25, 0.3) is 11.4 Å². The lowest BCUT2D eigenvalue weighted by atomic mass is 9.96. The van der Waals surface area contributed by atoms with E-state index >= 15 is 0 Å². The van der Waals surface area contributed by atoms with Crippen LogP contribution in [0.1, 0.15) is 50.8 Å². The van der Waals surface area contributed by atoms with Gasteiger partial charge in [-0.15, -0.1) is 0 Å². The molecule has 4 rings (SSSR count). The molecule has 1 unspecified atom stereocenters. The van der Waals surface area contributed by atoms with Crippen molar-refractivity contribution in [2.45, 2.75) is 57.4 Å². The maximum absolute atomic E-state index is 12.7. The van der Waals surface area contributed by atoms with Gasteiger partial charge < -0.3 is 9.42 Å². The molecule has 3 heterocycles. The van der Waals surface area contributed by atoms with Gasteiger partial charge in [0.15, 0.2) is 0 Å². The fourth-order valence-electron chi connectivity index (χ4n) is 4.16. The van der Waals surface area contributed by atoms with Crippen molar-refractivity contribution < 1.29 is 9.32 Å². The first-order valence-corrected chi connectivity index (χ1v) is 9.90. The molecule has 1 atom stereocenters. The Bertz CT molecular complexity index is 676. The third-order valence-electron chi connectivity index (χ3n) is 5.36. The Hall–Kier alpha value is -1.69. The van der Waals surface area contributed by atoms with E-state index in [1.807, 2.05) is 16.8 Å². The molecule has 0 radical (unpaired) electrons. The minimum absolute atomic E-state index is 0.250. The highest BCUT2D eigenvalue weighted by molar-refractivity contribution is 7.08. The molecule has 24 heavy (non-hydrogen) atoms. The molecular weight excluding hydrogens is 322 g/mol. The summed E-state index contributed by atoms with van der Waals surface area (Å²) in [6, 6.07) is 2.45. The molecule has 1 saturated carbocycles. The van der Waals surface area contributed by atoms with Crippen molar-refractivity contribution in [1.82, 2.24) is 15.0 Å². The lowest BCUT2D eigenvalue weighted by Crippen LogP contribution is -2.39. The highest BCUT2D eigenvalue weighted by atomic mass is 32.1. The van der Waals surface area contributed by atoms with E-state index in [-0.39, 0.29) is 5.91 Å². The maximum Gasteiger partial charge on any atom is 0.227 e. The summed E-state index contributed by atoms with van der Waals surface area (Å²) >= 11 is 1.61. The summed E-state index contributed by atoms with van der Waals surface area (Å²) in [5.74, 6) is 2.15. The second-order valence-corrected chi connectivity index (χ2v) is 7.65. The van der Waals surface area contributed by atoms with Crippen LogP contribution in [0.15, 0.2) is 21.3 Å². The molecule has 2 fully saturated rings. The van der Waals surface area contributed by atoms with Crippen LogP contribution in [0, 0.1) is 5.92 Å². The fourth-order valence-corrected chi connectivity index (χ4v) is 4.79. The van der Waals surface area contributed by atoms with Gasteiger partial charge in [0.05, 0.1) is 0 Å². The van der Waals surface area contributed by atoms with E-state index in [0.717, 1.165) is 24.4 Å². The average molecular weight is 345 g/mol. The van der Waals surface area contributed by atoms with Gasteiger partial charge in [-0.3, -0.25) is 4.79 Å².